The van der Waals surface area contributed by atoms with Gasteiger partial charge in [-0.3, -0.25) is 9.79 Å². The normalized spacial score (nSPS) is 15.5. The molecule has 0 atom stereocenters. The van der Waals surface area contributed by atoms with Crippen LogP contribution in [0.5, 0.6) is 0 Å². The Bertz CT molecular complexity index is 856. The largest absolute Gasteiger partial charge is 0.506 e. The molecule has 1 saturated carbocycles. The van der Waals surface area contributed by atoms with Crippen LogP contribution in [0.2, 0.25) is 10.0 Å². The number of nitrogens with one attached hydrogen (secondary N) is 1. The molecular weight excluding hydrogens is 371 g/mol. The van der Waals surface area contributed by atoms with Crippen LogP contribution in [-0.2, 0) is 4.79 Å². The van der Waals surface area contributed by atoms with Crippen LogP contribution in [0.25, 0.3) is 5.76 Å². The third-order valence-electron chi connectivity index (χ3n) is 4.24. The lowest BCUT2D eigenvalue weighted by Gasteiger charge is -2.26. The highest BCUT2D eigenvalue weighted by Gasteiger charge is 2.23. The van der Waals surface area contributed by atoms with E-state index in [-0.39, 0.29) is 23.3 Å². The molecular formula is C20H18Cl2N2O2. The third-order valence-corrected chi connectivity index (χ3v) is 4.82. The number of aliphatic hydroxyl groups is 1. The Balaban J connectivity index is 1.95. The van der Waals surface area contributed by atoms with Crippen LogP contribution in [0.1, 0.15) is 24.8 Å². The molecule has 0 heterocycles. The summed E-state index contributed by atoms with van der Waals surface area (Å²) in [6.07, 6.45) is 4.34. The number of nitrogens with zero attached hydrogens (tertiary/aromatic N) is 1. The summed E-state index contributed by atoms with van der Waals surface area (Å²) in [6, 6.07) is 13.8. The Morgan fingerprint density at radius 1 is 1.12 bits per heavy atom. The van der Waals surface area contributed by atoms with Crippen molar-refractivity contribution in [2.75, 3.05) is 0 Å². The number of amides is 1. The zero-order valence-corrected chi connectivity index (χ0v) is 15.5. The highest BCUT2D eigenvalue weighted by Crippen LogP contribution is 2.25. The molecule has 0 unspecified atom stereocenters. The first-order chi connectivity index (χ1) is 12.5. The molecule has 4 nitrogen and oxygen atoms in total. The average molecular weight is 389 g/mol. The van der Waals surface area contributed by atoms with Crippen LogP contribution in [0.15, 0.2) is 59.1 Å². The van der Waals surface area contributed by atoms with Crippen LogP contribution in [-0.4, -0.2) is 23.3 Å². The SMILES string of the molecule is O=C(NC1CCC1)/C(C=Nc1ccc(Cl)cc1)=C(/O)c1ccccc1Cl. The van der Waals surface area contributed by atoms with Crippen LogP contribution >= 0.6 is 23.2 Å². The van der Waals surface area contributed by atoms with E-state index in [0.29, 0.717) is 21.3 Å². The Morgan fingerprint density at radius 3 is 2.42 bits per heavy atom. The second-order valence-corrected chi connectivity index (χ2v) is 6.92. The first kappa shape index (κ1) is 18.5. The predicted molar refractivity (Wildman–Crippen MR) is 106 cm³/mol. The van der Waals surface area contributed by atoms with Crippen molar-refractivity contribution in [2.24, 2.45) is 4.99 Å². The third kappa shape index (κ3) is 4.45. The number of aliphatic imine (C=N–C) groups is 1. The van der Waals surface area contributed by atoms with Crippen molar-refractivity contribution in [3.8, 4) is 0 Å². The molecule has 0 aromatic heterocycles. The van der Waals surface area contributed by atoms with E-state index in [0.717, 1.165) is 19.3 Å². The molecule has 134 valence electrons. The number of hydrogen-bond acceptors (Lipinski definition) is 3. The van der Waals surface area contributed by atoms with Crippen LogP contribution in [0, 0.1) is 0 Å². The summed E-state index contributed by atoms with van der Waals surface area (Å²) in [5.74, 6) is -0.574. The molecule has 1 amide bonds. The lowest BCUT2D eigenvalue weighted by atomic mass is 9.93. The zero-order valence-electron chi connectivity index (χ0n) is 14.0. The number of halogens is 2. The van der Waals surface area contributed by atoms with Crippen LogP contribution in [0.3, 0.4) is 0 Å². The van der Waals surface area contributed by atoms with Gasteiger partial charge in [0.1, 0.15) is 11.3 Å². The van der Waals surface area contributed by atoms with Crippen molar-refractivity contribution in [3.05, 3.63) is 69.7 Å². The second-order valence-electron chi connectivity index (χ2n) is 6.08. The van der Waals surface area contributed by atoms with Crippen molar-refractivity contribution < 1.29 is 9.90 Å². The Hall–Kier alpha value is -2.30. The maximum absolute atomic E-state index is 12.7. The van der Waals surface area contributed by atoms with E-state index in [4.69, 9.17) is 23.2 Å². The quantitative estimate of drug-likeness (QED) is 0.412. The van der Waals surface area contributed by atoms with E-state index in [9.17, 15) is 9.90 Å². The van der Waals surface area contributed by atoms with E-state index < -0.39 is 0 Å². The number of carbonyl (C=O) groups is 1. The fourth-order valence-electron chi connectivity index (χ4n) is 2.51. The van der Waals surface area contributed by atoms with Gasteiger partial charge in [-0.25, -0.2) is 0 Å². The fourth-order valence-corrected chi connectivity index (χ4v) is 2.86. The van der Waals surface area contributed by atoms with Crippen molar-refractivity contribution in [3.63, 3.8) is 0 Å². The molecule has 6 heteroatoms. The van der Waals surface area contributed by atoms with Gasteiger partial charge in [-0.1, -0.05) is 35.3 Å². The first-order valence-electron chi connectivity index (χ1n) is 8.33. The van der Waals surface area contributed by atoms with E-state index in [1.807, 2.05) is 0 Å². The lowest BCUT2D eigenvalue weighted by molar-refractivity contribution is -0.118. The molecule has 1 fully saturated rings. The van der Waals surface area contributed by atoms with Crippen molar-refractivity contribution in [1.82, 2.24) is 5.32 Å². The molecule has 1 aliphatic rings. The van der Waals surface area contributed by atoms with Crippen molar-refractivity contribution >= 4 is 46.8 Å². The van der Waals surface area contributed by atoms with Gasteiger partial charge in [0, 0.05) is 22.8 Å². The minimum Gasteiger partial charge on any atom is -0.506 e. The molecule has 0 bridgehead atoms. The standard InChI is InChI=1S/C20H18Cl2N2O2/c21-13-8-10-14(11-9-13)23-12-17(20(26)24-15-4-3-5-15)19(25)16-6-1-2-7-18(16)22/h1-2,6-12,15,25H,3-5H2,(H,24,26)/b19-17+,23-12?. The molecule has 2 aromatic carbocycles. The second kappa shape index (κ2) is 8.39. The summed E-state index contributed by atoms with van der Waals surface area (Å²) in [5.41, 5.74) is 1.07. The van der Waals surface area contributed by atoms with E-state index in [2.05, 4.69) is 10.3 Å². The summed E-state index contributed by atoms with van der Waals surface area (Å²) < 4.78 is 0. The van der Waals surface area contributed by atoms with Crippen LogP contribution in [0.4, 0.5) is 5.69 Å². The summed E-state index contributed by atoms with van der Waals surface area (Å²) in [5, 5.41) is 14.6. The molecule has 0 spiro atoms. The number of rotatable bonds is 5. The number of benzene rings is 2. The van der Waals surface area contributed by atoms with Crippen LogP contribution < -0.4 is 5.32 Å². The van der Waals surface area contributed by atoms with Gasteiger partial charge in [0.2, 0.25) is 0 Å². The number of carbonyl (C=O) groups excluding carboxylic acids is 1. The van der Waals surface area contributed by atoms with Crippen molar-refractivity contribution in [2.45, 2.75) is 25.3 Å². The van der Waals surface area contributed by atoms with E-state index >= 15 is 0 Å². The topological polar surface area (TPSA) is 61.7 Å². The maximum Gasteiger partial charge on any atom is 0.256 e. The van der Waals surface area contributed by atoms with Gasteiger partial charge in [0.25, 0.3) is 5.91 Å². The smallest absolute Gasteiger partial charge is 0.256 e. The summed E-state index contributed by atoms with van der Waals surface area (Å²) in [7, 11) is 0. The molecule has 0 aliphatic heterocycles. The van der Waals surface area contributed by atoms with Gasteiger partial charge in [0.15, 0.2) is 0 Å². The minimum absolute atomic E-state index is 0.0694. The number of aliphatic hydroxyl groups excluding tert-OH is 1. The van der Waals surface area contributed by atoms with Gasteiger partial charge in [-0.15, -0.1) is 0 Å². The highest BCUT2D eigenvalue weighted by atomic mass is 35.5. The lowest BCUT2D eigenvalue weighted by Crippen LogP contribution is -2.40. The summed E-state index contributed by atoms with van der Waals surface area (Å²) in [4.78, 5) is 17.0. The van der Waals surface area contributed by atoms with Gasteiger partial charge < -0.3 is 10.4 Å². The van der Waals surface area contributed by atoms with E-state index in [1.54, 1.807) is 48.5 Å². The van der Waals surface area contributed by atoms with E-state index in [1.165, 1.54) is 6.21 Å². The average Bonchev–Trinajstić information content (AvgIpc) is 2.60. The molecule has 2 aromatic rings. The fraction of sp³-hybridized carbons (Fsp3) is 0.200. The monoisotopic (exact) mass is 388 g/mol. The van der Waals surface area contributed by atoms with Gasteiger partial charge in [0.05, 0.1) is 10.7 Å². The zero-order chi connectivity index (χ0) is 18.5. The summed E-state index contributed by atoms with van der Waals surface area (Å²) >= 11 is 12.0. The molecule has 1 aliphatic carbocycles. The van der Waals surface area contributed by atoms with Gasteiger partial charge >= 0.3 is 0 Å². The first-order valence-corrected chi connectivity index (χ1v) is 9.09. The Kier molecular flexibility index (Phi) is 5.96. The molecule has 3 rings (SSSR count). The Morgan fingerprint density at radius 2 is 1.81 bits per heavy atom. The minimum atomic E-state index is -0.371. The highest BCUT2D eigenvalue weighted by molar-refractivity contribution is 6.33. The molecule has 26 heavy (non-hydrogen) atoms. The molecule has 0 saturated heterocycles. The summed E-state index contributed by atoms with van der Waals surface area (Å²) in [6.45, 7) is 0. The number of hydrogen-bond donors (Lipinski definition) is 2. The Labute approximate surface area is 162 Å². The molecule has 2 N–H and O–H groups in total. The van der Waals surface area contributed by atoms with Gasteiger partial charge in [-0.2, -0.15) is 0 Å². The van der Waals surface area contributed by atoms with Gasteiger partial charge in [-0.05, 0) is 55.7 Å². The van der Waals surface area contributed by atoms with Crippen molar-refractivity contribution in [1.29, 1.82) is 0 Å². The molecule has 0 radical (unpaired) electrons. The maximum atomic E-state index is 12.7. The predicted octanol–water partition coefficient (Wildman–Crippen LogP) is 5.33.